The van der Waals surface area contributed by atoms with Crippen molar-refractivity contribution >= 4 is 23.3 Å². The molecule has 0 saturated heterocycles. The molecule has 11 radical (unpaired) electrons. The Labute approximate surface area is 173 Å². The van der Waals surface area contributed by atoms with Gasteiger partial charge in [0.1, 0.15) is 0 Å². The van der Waals surface area contributed by atoms with E-state index in [2.05, 4.69) is 92.6 Å². The molecule has 0 aromatic rings. The summed E-state index contributed by atoms with van der Waals surface area (Å²) in [6, 6.07) is 0. The normalized spacial score (nSPS) is 25.0. The summed E-state index contributed by atoms with van der Waals surface area (Å²) < 4.78 is 0. The zero-order valence-corrected chi connectivity index (χ0v) is 21.1. The fourth-order valence-electron chi connectivity index (χ4n) is 2.81. The molecule has 23 heavy (non-hydrogen) atoms. The number of rotatable bonds is 0. The van der Waals surface area contributed by atoms with Crippen LogP contribution in [0.15, 0.2) is 0 Å². The molecular weight excluding hydrogens is 485 g/mol. The molecule has 127 valence electrons. The van der Waals surface area contributed by atoms with Gasteiger partial charge in [-0.2, -0.15) is 0 Å². The van der Waals surface area contributed by atoms with Gasteiger partial charge in [0.05, 0.1) is 0 Å². The molecule has 0 amide bonds. The summed E-state index contributed by atoms with van der Waals surface area (Å²) in [5.41, 5.74) is 0. The first-order valence-electron chi connectivity index (χ1n) is 7.67. The van der Waals surface area contributed by atoms with E-state index in [0.717, 1.165) is 0 Å². The van der Waals surface area contributed by atoms with Gasteiger partial charge in [0.15, 0.2) is 0 Å². The molecule has 0 heterocycles. The van der Waals surface area contributed by atoms with Gasteiger partial charge < -0.3 is 23.3 Å². The van der Waals surface area contributed by atoms with Crippen LogP contribution >= 0.6 is 0 Å². The van der Waals surface area contributed by atoms with Crippen LogP contribution in [0.4, 0.5) is 0 Å². The third-order valence-electron chi connectivity index (χ3n) is 5.62. The summed E-state index contributed by atoms with van der Waals surface area (Å²) in [4.78, 5) is 0. The maximum atomic E-state index is 3.67. The van der Waals surface area contributed by atoms with E-state index in [1.165, 1.54) is 59.2 Å². The van der Waals surface area contributed by atoms with Crippen molar-refractivity contribution in [3.63, 3.8) is 0 Å². The van der Waals surface area contributed by atoms with Crippen LogP contribution in [-0.4, -0.2) is 0 Å². The summed E-state index contributed by atoms with van der Waals surface area (Å²) >= 11 is 7.33. The Balaban J connectivity index is 0. The molecule has 3 heteroatoms. The van der Waals surface area contributed by atoms with Gasteiger partial charge in [0.25, 0.3) is 0 Å². The van der Waals surface area contributed by atoms with E-state index < -0.39 is 0 Å². The first-order chi connectivity index (χ1) is 10.1. The van der Waals surface area contributed by atoms with Gasteiger partial charge in [-0.05, 0) is 59.2 Å². The van der Waals surface area contributed by atoms with Crippen LogP contribution in [0.5, 0.6) is 0 Å². The van der Waals surface area contributed by atoms with Crippen LogP contribution in [0.1, 0.15) is 69.2 Å². The van der Waals surface area contributed by atoms with Crippen molar-refractivity contribution in [2.75, 3.05) is 0 Å². The summed E-state index contributed by atoms with van der Waals surface area (Å²) in [7, 11) is 0. The Kier molecular flexibility index (Phi) is 13.8. The molecule has 0 aromatic heterocycles. The Morgan fingerprint density at radius 2 is 0.348 bits per heavy atom. The van der Waals surface area contributed by atoms with Crippen LogP contribution in [0.2, 0.25) is 0 Å². The Hall–Kier alpha value is 1.44. The first-order valence-corrected chi connectivity index (χ1v) is 9.00. The standard InChI is InChI=1S/2C10H15.S2.Ta/c2*1-6-7(2)9(4)10(5)8(6)3;1-2;/h2*1-5H3;;/q;;-2;+2. The Bertz CT molecular complexity index is 190. The zero-order chi connectivity index (χ0) is 17.8. The SMILES string of the molecule is C[C]1[C](C)[C](C)[C](C)[C]1C.C[C]1[C](C)[C](C)[C](C)[C]1C.[S-][S-].[Ta+2]. The second-order valence-electron chi connectivity index (χ2n) is 6.25. The first kappa shape index (κ1) is 26.7. The maximum absolute atomic E-state index is 3.67. The van der Waals surface area contributed by atoms with Crippen molar-refractivity contribution in [2.24, 2.45) is 0 Å². The van der Waals surface area contributed by atoms with E-state index in [1.54, 1.807) is 0 Å². The van der Waals surface area contributed by atoms with Crippen LogP contribution in [0.3, 0.4) is 0 Å². The zero-order valence-electron chi connectivity index (χ0n) is 16.3. The van der Waals surface area contributed by atoms with Gasteiger partial charge >= 0.3 is 22.4 Å². The average molecular weight is 516 g/mol. The van der Waals surface area contributed by atoms with Crippen molar-refractivity contribution in [3.8, 4) is 0 Å². The Morgan fingerprint density at radius 1 is 0.304 bits per heavy atom. The molecular formula is C20H30S2Ta. The van der Waals surface area contributed by atoms with Crippen molar-refractivity contribution in [3.05, 3.63) is 59.2 Å². The predicted molar refractivity (Wildman–Crippen MR) is 104 cm³/mol. The quantitative estimate of drug-likeness (QED) is 0.290. The molecule has 0 nitrogen and oxygen atoms in total. The van der Waals surface area contributed by atoms with Crippen LogP contribution in [-0.2, 0) is 45.7 Å². The fourth-order valence-corrected chi connectivity index (χ4v) is 2.81. The summed E-state index contributed by atoms with van der Waals surface area (Å²) in [5.74, 6) is 14.7. The number of hydrogen-bond donors (Lipinski definition) is 0. The summed E-state index contributed by atoms with van der Waals surface area (Å²) in [5, 5.41) is 0. The van der Waals surface area contributed by atoms with Gasteiger partial charge in [0.2, 0.25) is 0 Å². The smallest absolute Gasteiger partial charge is 1.00 e. The molecule has 0 aliphatic heterocycles. The molecule has 2 rings (SSSR count). The maximum Gasteiger partial charge on any atom is 2.00 e. The summed E-state index contributed by atoms with van der Waals surface area (Å²) in [6.45, 7) is 22.0. The van der Waals surface area contributed by atoms with E-state index >= 15 is 0 Å². The van der Waals surface area contributed by atoms with Crippen molar-refractivity contribution in [1.29, 1.82) is 0 Å². The predicted octanol–water partition coefficient (Wildman–Crippen LogP) is 5.94. The molecule has 0 spiro atoms. The van der Waals surface area contributed by atoms with Crippen LogP contribution in [0.25, 0.3) is 0 Å². The molecule has 0 unspecified atom stereocenters. The average Bonchev–Trinajstić information content (AvgIpc) is 2.81. The number of hydrogen-bond acceptors (Lipinski definition) is 2. The van der Waals surface area contributed by atoms with E-state index in [4.69, 9.17) is 0 Å². The molecule has 2 saturated carbocycles. The molecule has 0 atom stereocenters. The van der Waals surface area contributed by atoms with Crippen molar-refractivity contribution in [1.82, 2.24) is 0 Å². The van der Waals surface area contributed by atoms with E-state index in [1.807, 2.05) is 0 Å². The third-order valence-corrected chi connectivity index (χ3v) is 5.62. The molecule has 2 aliphatic carbocycles. The third kappa shape index (κ3) is 6.27. The minimum absolute atomic E-state index is 0. The monoisotopic (exact) mass is 515 g/mol. The van der Waals surface area contributed by atoms with Crippen LogP contribution in [0, 0.1) is 59.2 Å². The molecule has 0 N–H and O–H groups in total. The van der Waals surface area contributed by atoms with E-state index in [9.17, 15) is 0 Å². The van der Waals surface area contributed by atoms with E-state index in [-0.39, 0.29) is 22.4 Å². The second kappa shape index (κ2) is 11.9. The topological polar surface area (TPSA) is 0 Å². The second-order valence-corrected chi connectivity index (χ2v) is 6.25. The van der Waals surface area contributed by atoms with Gasteiger partial charge in [-0.3, -0.25) is 0 Å². The molecule has 2 fully saturated rings. The molecule has 2 aliphatic rings. The van der Waals surface area contributed by atoms with Gasteiger partial charge in [-0.1, -0.05) is 69.2 Å². The van der Waals surface area contributed by atoms with Crippen LogP contribution < -0.4 is 0 Å². The van der Waals surface area contributed by atoms with E-state index in [0.29, 0.717) is 0 Å². The van der Waals surface area contributed by atoms with Gasteiger partial charge in [-0.25, -0.2) is 0 Å². The minimum Gasteiger partial charge on any atom is -1.00 e. The van der Waals surface area contributed by atoms with Gasteiger partial charge in [-0.15, -0.1) is 0 Å². The Morgan fingerprint density at radius 3 is 0.391 bits per heavy atom. The van der Waals surface area contributed by atoms with Crippen molar-refractivity contribution in [2.45, 2.75) is 69.2 Å². The minimum atomic E-state index is 0. The van der Waals surface area contributed by atoms with Crippen molar-refractivity contribution < 1.29 is 22.4 Å². The molecule has 0 bridgehead atoms. The summed E-state index contributed by atoms with van der Waals surface area (Å²) in [6.07, 6.45) is 0. The largest absolute Gasteiger partial charge is 2.00 e. The fraction of sp³-hybridized carbons (Fsp3) is 0.500. The van der Waals surface area contributed by atoms with Gasteiger partial charge in [0, 0.05) is 0 Å². The molecule has 0 aromatic carbocycles.